The molecule has 1 unspecified atom stereocenters. The van der Waals surface area contributed by atoms with Gasteiger partial charge in [-0.3, -0.25) is 4.79 Å². The van der Waals surface area contributed by atoms with Gasteiger partial charge in [0.05, 0.1) is 5.69 Å². The van der Waals surface area contributed by atoms with Gasteiger partial charge in [-0.15, -0.1) is 5.10 Å². The van der Waals surface area contributed by atoms with E-state index >= 15 is 0 Å². The fraction of sp³-hybridized carbons (Fsp3) is 0.222. The molecule has 1 saturated carbocycles. The van der Waals surface area contributed by atoms with Crippen LogP contribution in [0.1, 0.15) is 23.7 Å². The number of aromatic nitrogens is 4. The van der Waals surface area contributed by atoms with Crippen molar-refractivity contribution in [2.24, 2.45) is 0 Å². The summed E-state index contributed by atoms with van der Waals surface area (Å²) in [5, 5.41) is 15.8. The maximum absolute atomic E-state index is 12.8. The Balaban J connectivity index is 1.63. The van der Waals surface area contributed by atoms with Crippen molar-refractivity contribution in [1.29, 1.82) is 0 Å². The van der Waals surface area contributed by atoms with Crippen LogP contribution in [0.2, 0.25) is 5.02 Å². The third-order valence-electron chi connectivity index (χ3n) is 4.00. The van der Waals surface area contributed by atoms with Gasteiger partial charge in [-0.2, -0.15) is 4.68 Å². The van der Waals surface area contributed by atoms with E-state index in [9.17, 15) is 4.79 Å². The van der Waals surface area contributed by atoms with E-state index in [-0.39, 0.29) is 5.91 Å². The van der Waals surface area contributed by atoms with Crippen LogP contribution in [0.5, 0.6) is 0 Å². The minimum Gasteiger partial charge on any atom is -0.352 e. The first-order valence-corrected chi connectivity index (χ1v) is 9.53. The van der Waals surface area contributed by atoms with Gasteiger partial charge in [0.2, 0.25) is 11.1 Å². The van der Waals surface area contributed by atoms with E-state index in [0.717, 1.165) is 24.1 Å². The number of hydrogen-bond acceptors (Lipinski definition) is 5. The number of thioether (sulfide) groups is 1. The third-order valence-corrected chi connectivity index (χ3v) is 5.44. The largest absolute Gasteiger partial charge is 0.352 e. The summed E-state index contributed by atoms with van der Waals surface area (Å²) in [5.74, 6) is -0.0191. The molecule has 1 aliphatic carbocycles. The van der Waals surface area contributed by atoms with Crippen LogP contribution in [0.25, 0.3) is 5.69 Å². The van der Waals surface area contributed by atoms with Crippen LogP contribution in [0, 0.1) is 0 Å². The summed E-state index contributed by atoms with van der Waals surface area (Å²) in [4.78, 5) is 12.8. The van der Waals surface area contributed by atoms with Gasteiger partial charge in [0.1, 0.15) is 5.25 Å². The van der Waals surface area contributed by atoms with Gasteiger partial charge >= 0.3 is 0 Å². The first-order chi connectivity index (χ1) is 12.7. The number of nitrogens with zero attached hydrogens (tertiary/aromatic N) is 4. The van der Waals surface area contributed by atoms with Crippen molar-refractivity contribution in [2.75, 3.05) is 0 Å². The van der Waals surface area contributed by atoms with Crippen molar-refractivity contribution >= 4 is 29.3 Å². The van der Waals surface area contributed by atoms with Crippen LogP contribution < -0.4 is 5.32 Å². The average Bonchev–Trinajstić information content (AvgIpc) is 3.35. The molecule has 1 aromatic heterocycles. The van der Waals surface area contributed by atoms with Crippen molar-refractivity contribution in [3.05, 3.63) is 65.2 Å². The second-order valence-corrected chi connectivity index (χ2v) is 7.55. The Morgan fingerprint density at radius 1 is 1.15 bits per heavy atom. The zero-order valence-electron chi connectivity index (χ0n) is 13.7. The van der Waals surface area contributed by atoms with Gasteiger partial charge in [0.25, 0.3) is 0 Å². The van der Waals surface area contributed by atoms with E-state index in [1.807, 2.05) is 42.5 Å². The summed E-state index contributed by atoms with van der Waals surface area (Å²) < 4.78 is 1.61. The number of carbonyl (C=O) groups is 1. The molecule has 1 atom stereocenters. The molecule has 2 aromatic carbocycles. The molecule has 8 heteroatoms. The van der Waals surface area contributed by atoms with Gasteiger partial charge < -0.3 is 5.32 Å². The monoisotopic (exact) mass is 385 g/mol. The molecule has 3 aromatic rings. The lowest BCUT2D eigenvalue weighted by Gasteiger charge is -2.16. The first-order valence-electron chi connectivity index (χ1n) is 8.27. The first kappa shape index (κ1) is 17.1. The number of halogens is 1. The number of tetrazole rings is 1. The maximum Gasteiger partial charge on any atom is 0.238 e. The normalized spacial score (nSPS) is 14.8. The molecule has 0 saturated heterocycles. The smallest absolute Gasteiger partial charge is 0.238 e. The van der Waals surface area contributed by atoms with Gasteiger partial charge in [0.15, 0.2) is 0 Å². The lowest BCUT2D eigenvalue weighted by Crippen LogP contribution is -2.29. The Kier molecular flexibility index (Phi) is 4.90. The predicted molar refractivity (Wildman–Crippen MR) is 100 cm³/mol. The Hall–Kier alpha value is -2.38. The molecule has 26 heavy (non-hydrogen) atoms. The highest BCUT2D eigenvalue weighted by Gasteiger charge is 2.30. The van der Waals surface area contributed by atoms with Gasteiger partial charge in [0, 0.05) is 11.1 Å². The summed E-state index contributed by atoms with van der Waals surface area (Å²) in [6, 6.07) is 17.2. The minimum absolute atomic E-state index is 0.0191. The summed E-state index contributed by atoms with van der Waals surface area (Å²) in [5.41, 5.74) is 1.71. The molecule has 1 N–H and O–H groups in total. The number of benzene rings is 2. The summed E-state index contributed by atoms with van der Waals surface area (Å²) in [6.45, 7) is 0. The van der Waals surface area contributed by atoms with E-state index in [4.69, 9.17) is 11.6 Å². The zero-order chi connectivity index (χ0) is 17.9. The van der Waals surface area contributed by atoms with Crippen LogP contribution in [0.4, 0.5) is 0 Å². The molecule has 1 amide bonds. The Bertz CT molecular complexity index is 895. The highest BCUT2D eigenvalue weighted by molar-refractivity contribution is 8.00. The number of amides is 1. The SMILES string of the molecule is O=C(NC1CC1)C(Sc1nnnn1-c1ccc(Cl)cc1)c1ccccc1. The minimum atomic E-state index is -0.422. The highest BCUT2D eigenvalue weighted by Crippen LogP contribution is 2.35. The van der Waals surface area contributed by atoms with E-state index in [0.29, 0.717) is 16.2 Å². The molecule has 4 rings (SSSR count). The van der Waals surface area contributed by atoms with Gasteiger partial charge in [-0.05, 0) is 53.1 Å². The Morgan fingerprint density at radius 2 is 1.88 bits per heavy atom. The van der Waals surface area contributed by atoms with E-state index < -0.39 is 5.25 Å². The standard InChI is InChI=1S/C18H16ClN5OS/c19-13-6-10-15(11-7-13)24-18(21-22-23-24)26-16(12-4-2-1-3-5-12)17(25)20-14-8-9-14/h1-7,10-11,14,16H,8-9H2,(H,20,25). The van der Waals surface area contributed by atoms with Crippen LogP contribution in [0.3, 0.4) is 0 Å². The van der Waals surface area contributed by atoms with E-state index in [1.54, 1.807) is 16.8 Å². The van der Waals surface area contributed by atoms with Crippen LogP contribution in [0.15, 0.2) is 59.8 Å². The number of carbonyl (C=O) groups excluding carboxylic acids is 1. The fourth-order valence-corrected chi connectivity index (χ4v) is 3.64. The lowest BCUT2D eigenvalue weighted by atomic mass is 10.1. The molecule has 1 aliphatic rings. The fourth-order valence-electron chi connectivity index (χ4n) is 2.51. The second-order valence-electron chi connectivity index (χ2n) is 6.04. The molecule has 0 spiro atoms. The molecule has 1 heterocycles. The predicted octanol–water partition coefficient (Wildman–Crippen LogP) is 3.43. The Morgan fingerprint density at radius 3 is 2.58 bits per heavy atom. The number of nitrogens with one attached hydrogen (secondary N) is 1. The van der Waals surface area contributed by atoms with Crippen molar-refractivity contribution in [1.82, 2.24) is 25.5 Å². The molecule has 132 valence electrons. The molecule has 6 nitrogen and oxygen atoms in total. The van der Waals surface area contributed by atoms with Crippen LogP contribution in [-0.4, -0.2) is 32.2 Å². The number of hydrogen-bond donors (Lipinski definition) is 1. The molecule has 0 radical (unpaired) electrons. The maximum atomic E-state index is 12.8. The average molecular weight is 386 g/mol. The molecule has 1 fully saturated rings. The van der Waals surface area contributed by atoms with Gasteiger partial charge in [-0.25, -0.2) is 0 Å². The lowest BCUT2D eigenvalue weighted by molar-refractivity contribution is -0.120. The summed E-state index contributed by atoms with van der Waals surface area (Å²) in [7, 11) is 0. The van der Waals surface area contributed by atoms with Crippen molar-refractivity contribution in [3.63, 3.8) is 0 Å². The number of rotatable bonds is 6. The highest BCUT2D eigenvalue weighted by atomic mass is 35.5. The summed E-state index contributed by atoms with van der Waals surface area (Å²) >= 11 is 7.29. The second kappa shape index (κ2) is 7.47. The van der Waals surface area contributed by atoms with Crippen molar-refractivity contribution in [2.45, 2.75) is 29.3 Å². The Labute approximate surface area is 159 Å². The van der Waals surface area contributed by atoms with E-state index in [1.165, 1.54) is 11.8 Å². The van der Waals surface area contributed by atoms with E-state index in [2.05, 4.69) is 20.8 Å². The molecule has 0 bridgehead atoms. The quantitative estimate of drug-likeness (QED) is 0.658. The molecular formula is C18H16ClN5OS. The van der Waals surface area contributed by atoms with Crippen LogP contribution >= 0.6 is 23.4 Å². The van der Waals surface area contributed by atoms with Crippen LogP contribution in [-0.2, 0) is 4.79 Å². The van der Waals surface area contributed by atoms with Gasteiger partial charge in [-0.1, -0.05) is 53.7 Å². The third kappa shape index (κ3) is 3.89. The van der Waals surface area contributed by atoms with Crippen molar-refractivity contribution < 1.29 is 4.79 Å². The topological polar surface area (TPSA) is 72.7 Å². The molecular weight excluding hydrogens is 370 g/mol. The molecule has 0 aliphatic heterocycles. The van der Waals surface area contributed by atoms with Crippen molar-refractivity contribution in [3.8, 4) is 5.69 Å². The zero-order valence-corrected chi connectivity index (χ0v) is 15.3. The summed E-state index contributed by atoms with van der Waals surface area (Å²) in [6.07, 6.45) is 2.08.